The van der Waals surface area contributed by atoms with Gasteiger partial charge in [-0.05, 0) is 48.2 Å². The molecule has 0 aliphatic carbocycles. The van der Waals surface area contributed by atoms with Crippen molar-refractivity contribution in [3.8, 4) is 0 Å². The number of nitrogens with one attached hydrogen (secondary N) is 1. The van der Waals surface area contributed by atoms with Crippen molar-refractivity contribution in [3.63, 3.8) is 0 Å². The average Bonchev–Trinajstić information content (AvgIpc) is 2.82. The monoisotopic (exact) mass is 484 g/mol. The van der Waals surface area contributed by atoms with E-state index in [4.69, 9.17) is 11.6 Å². The number of aliphatic hydroxyl groups is 1. The molecule has 1 aliphatic heterocycles. The lowest BCUT2D eigenvalue weighted by molar-refractivity contribution is -0.132. The number of fused-ring (bicyclic) bond motifs is 1. The van der Waals surface area contributed by atoms with E-state index in [1.165, 1.54) is 18.3 Å². The molecular weight excluding hydrogens is 459 g/mol. The fourth-order valence-electron chi connectivity index (χ4n) is 4.37. The van der Waals surface area contributed by atoms with E-state index in [0.29, 0.717) is 29.6 Å². The number of benzene rings is 1. The molecule has 7 nitrogen and oxygen atoms in total. The number of rotatable bonds is 5. The molecule has 178 valence electrons. The molecule has 1 saturated heterocycles. The van der Waals surface area contributed by atoms with E-state index in [1.54, 1.807) is 43.3 Å². The van der Waals surface area contributed by atoms with Gasteiger partial charge in [0.1, 0.15) is 11.9 Å². The van der Waals surface area contributed by atoms with Gasteiger partial charge in [0.05, 0.1) is 17.1 Å². The van der Waals surface area contributed by atoms with Crippen molar-refractivity contribution in [2.45, 2.75) is 38.3 Å². The Morgan fingerprint density at radius 2 is 2.06 bits per heavy atom. The maximum atomic E-state index is 14.1. The molecule has 1 aliphatic rings. The molecule has 0 bridgehead atoms. The molecule has 9 heteroatoms. The van der Waals surface area contributed by atoms with Gasteiger partial charge in [0.2, 0.25) is 5.91 Å². The van der Waals surface area contributed by atoms with Crippen LogP contribution in [0.1, 0.15) is 42.1 Å². The Morgan fingerprint density at radius 1 is 1.26 bits per heavy atom. The molecule has 1 fully saturated rings. The maximum Gasteiger partial charge on any atom is 0.257 e. The van der Waals surface area contributed by atoms with Crippen molar-refractivity contribution in [2.24, 2.45) is 5.92 Å². The minimum Gasteiger partial charge on any atom is -0.383 e. The third-order valence-electron chi connectivity index (χ3n) is 6.18. The van der Waals surface area contributed by atoms with Gasteiger partial charge in [-0.2, -0.15) is 0 Å². The van der Waals surface area contributed by atoms with Gasteiger partial charge in [-0.15, -0.1) is 0 Å². The van der Waals surface area contributed by atoms with Crippen LogP contribution in [0.15, 0.2) is 48.9 Å². The quantitative estimate of drug-likeness (QED) is 0.577. The lowest BCUT2D eigenvalue weighted by atomic mass is 9.84. The van der Waals surface area contributed by atoms with E-state index in [9.17, 15) is 19.1 Å². The molecule has 3 atom stereocenters. The third kappa shape index (κ3) is 5.03. The molecule has 1 aromatic carbocycles. The van der Waals surface area contributed by atoms with Crippen LogP contribution in [-0.4, -0.2) is 57.0 Å². The standard InChI is InChI=1S/C25H26ClFN4O3/c1-14(2)23(32)24(33)30-21-13-31(7-5-19(21)16-8-17(26)10-18(27)9-16)25(34)20-12-28-11-15-4-3-6-29-22(15)20/h3-4,6,8-12,14,19,21,23,32H,5,7,13H2,1-2H3,(H,30,33)/t19-,21+,23+/m0/s1. The second kappa shape index (κ2) is 10.0. The maximum absolute atomic E-state index is 14.1. The number of amides is 2. The Balaban J connectivity index is 1.64. The summed E-state index contributed by atoms with van der Waals surface area (Å²) in [7, 11) is 0. The van der Waals surface area contributed by atoms with Gasteiger partial charge in [0.15, 0.2) is 0 Å². The van der Waals surface area contributed by atoms with Gasteiger partial charge in [0, 0.05) is 48.0 Å². The van der Waals surface area contributed by atoms with E-state index in [2.05, 4.69) is 15.3 Å². The number of carbonyl (C=O) groups is 2. The first-order chi connectivity index (χ1) is 16.2. The average molecular weight is 485 g/mol. The summed E-state index contributed by atoms with van der Waals surface area (Å²) < 4.78 is 14.1. The van der Waals surface area contributed by atoms with Gasteiger partial charge in [0.25, 0.3) is 5.91 Å². The minimum atomic E-state index is -1.20. The van der Waals surface area contributed by atoms with Crippen LogP contribution in [0, 0.1) is 11.7 Å². The third-order valence-corrected chi connectivity index (χ3v) is 6.40. The van der Waals surface area contributed by atoms with E-state index in [1.807, 2.05) is 6.07 Å². The molecule has 0 spiro atoms. The molecule has 2 N–H and O–H groups in total. The number of aliphatic hydroxyl groups excluding tert-OH is 1. The molecule has 0 radical (unpaired) electrons. The molecule has 0 unspecified atom stereocenters. The zero-order chi connectivity index (χ0) is 24.4. The van der Waals surface area contributed by atoms with E-state index < -0.39 is 23.9 Å². The number of pyridine rings is 2. The van der Waals surface area contributed by atoms with Crippen molar-refractivity contribution in [1.82, 2.24) is 20.2 Å². The van der Waals surface area contributed by atoms with Gasteiger partial charge in [-0.1, -0.05) is 25.4 Å². The molecule has 34 heavy (non-hydrogen) atoms. The van der Waals surface area contributed by atoms with E-state index in [0.717, 1.165) is 5.39 Å². The summed E-state index contributed by atoms with van der Waals surface area (Å²) in [4.78, 5) is 36.3. The van der Waals surface area contributed by atoms with Gasteiger partial charge in [-0.3, -0.25) is 19.6 Å². The van der Waals surface area contributed by atoms with E-state index >= 15 is 0 Å². The van der Waals surface area contributed by atoms with Crippen molar-refractivity contribution >= 4 is 34.3 Å². The number of piperidine rings is 1. The number of hydrogen-bond donors (Lipinski definition) is 2. The van der Waals surface area contributed by atoms with Crippen molar-refractivity contribution in [2.75, 3.05) is 13.1 Å². The van der Waals surface area contributed by atoms with Crippen LogP contribution in [0.5, 0.6) is 0 Å². The topological polar surface area (TPSA) is 95.4 Å². The second-order valence-corrected chi connectivity index (χ2v) is 9.35. The number of likely N-dealkylation sites (tertiary alicyclic amines) is 1. The fraction of sp³-hybridized carbons (Fsp3) is 0.360. The predicted molar refractivity (Wildman–Crippen MR) is 127 cm³/mol. The molecule has 0 saturated carbocycles. The number of carbonyl (C=O) groups excluding carboxylic acids is 2. The van der Waals surface area contributed by atoms with Crippen LogP contribution in [-0.2, 0) is 4.79 Å². The first-order valence-electron chi connectivity index (χ1n) is 11.2. The summed E-state index contributed by atoms with van der Waals surface area (Å²) in [6.45, 7) is 4.05. The van der Waals surface area contributed by atoms with Crippen LogP contribution in [0.3, 0.4) is 0 Å². The van der Waals surface area contributed by atoms with Crippen molar-refractivity contribution in [1.29, 1.82) is 0 Å². The summed E-state index contributed by atoms with van der Waals surface area (Å²) in [5, 5.41) is 14.1. The highest BCUT2D eigenvalue weighted by molar-refractivity contribution is 6.30. The summed E-state index contributed by atoms with van der Waals surface area (Å²) in [5.41, 5.74) is 1.56. The van der Waals surface area contributed by atoms with Gasteiger partial charge in [-0.25, -0.2) is 4.39 Å². The molecule has 2 amide bonds. The smallest absolute Gasteiger partial charge is 0.257 e. The molecule has 3 heterocycles. The number of nitrogens with zero attached hydrogens (tertiary/aromatic N) is 3. The fourth-order valence-corrected chi connectivity index (χ4v) is 4.60. The van der Waals surface area contributed by atoms with Crippen LogP contribution in [0.25, 0.3) is 10.9 Å². The SMILES string of the molecule is CC(C)[C@@H](O)C(=O)N[C@@H]1CN(C(=O)c2cncc3cccnc23)CC[C@H]1c1cc(F)cc(Cl)c1. The Morgan fingerprint density at radius 3 is 2.79 bits per heavy atom. The highest BCUT2D eigenvalue weighted by Gasteiger charge is 2.36. The highest BCUT2D eigenvalue weighted by atomic mass is 35.5. The normalized spacial score (nSPS) is 19.3. The largest absolute Gasteiger partial charge is 0.383 e. The summed E-state index contributed by atoms with van der Waals surface area (Å²) in [6.07, 6.45) is 4.03. The van der Waals surface area contributed by atoms with Crippen LogP contribution in [0.4, 0.5) is 4.39 Å². The zero-order valence-electron chi connectivity index (χ0n) is 18.9. The lowest BCUT2D eigenvalue weighted by Crippen LogP contribution is -2.55. The highest BCUT2D eigenvalue weighted by Crippen LogP contribution is 2.32. The summed E-state index contributed by atoms with van der Waals surface area (Å²) in [5.74, 6) is -1.83. The summed E-state index contributed by atoms with van der Waals surface area (Å²) in [6, 6.07) is 7.35. The Bertz CT molecular complexity index is 1200. The second-order valence-electron chi connectivity index (χ2n) is 8.92. The molecular formula is C25H26ClFN4O3. The van der Waals surface area contributed by atoms with E-state index in [-0.39, 0.29) is 29.3 Å². The van der Waals surface area contributed by atoms with Crippen LogP contribution >= 0.6 is 11.6 Å². The lowest BCUT2D eigenvalue weighted by Gasteiger charge is -2.39. The Hall–Kier alpha value is -3.10. The minimum absolute atomic E-state index is 0.178. The Kier molecular flexibility index (Phi) is 7.09. The molecule has 4 rings (SSSR count). The van der Waals surface area contributed by atoms with Crippen molar-refractivity contribution < 1.29 is 19.1 Å². The zero-order valence-corrected chi connectivity index (χ0v) is 19.7. The molecule has 2 aromatic heterocycles. The first-order valence-corrected chi connectivity index (χ1v) is 11.5. The number of halogens is 2. The van der Waals surface area contributed by atoms with Gasteiger partial charge < -0.3 is 15.3 Å². The molecule has 3 aromatic rings. The number of hydrogen-bond acceptors (Lipinski definition) is 5. The van der Waals surface area contributed by atoms with Crippen LogP contribution in [0.2, 0.25) is 5.02 Å². The Labute approximate surface area is 202 Å². The number of aromatic nitrogens is 2. The van der Waals surface area contributed by atoms with Gasteiger partial charge >= 0.3 is 0 Å². The predicted octanol–water partition coefficient (Wildman–Crippen LogP) is 3.55. The van der Waals surface area contributed by atoms with Crippen molar-refractivity contribution in [3.05, 3.63) is 70.9 Å². The summed E-state index contributed by atoms with van der Waals surface area (Å²) >= 11 is 6.08. The first kappa shape index (κ1) is 24.0. The van der Waals surface area contributed by atoms with Crippen LogP contribution < -0.4 is 5.32 Å².